The highest BCUT2D eigenvalue weighted by atomic mass is 35.5. The van der Waals surface area contributed by atoms with Crippen molar-refractivity contribution in [3.63, 3.8) is 0 Å². The van der Waals surface area contributed by atoms with E-state index in [1.807, 2.05) is 0 Å². The zero-order chi connectivity index (χ0) is 13.2. The maximum absolute atomic E-state index is 12.1. The SMILES string of the molecule is Cn1nccc1S(=O)(=O)Nc1ccccc1CCl. The summed E-state index contributed by atoms with van der Waals surface area (Å²) in [5.41, 5.74) is 1.21. The Morgan fingerprint density at radius 3 is 2.67 bits per heavy atom. The second-order valence-electron chi connectivity index (χ2n) is 3.69. The van der Waals surface area contributed by atoms with Crippen LogP contribution in [0.5, 0.6) is 0 Å². The lowest BCUT2D eigenvalue weighted by Gasteiger charge is -2.10. The summed E-state index contributed by atoms with van der Waals surface area (Å²) in [6.45, 7) is 0. The maximum Gasteiger partial charge on any atom is 0.279 e. The minimum absolute atomic E-state index is 0.104. The normalized spacial score (nSPS) is 11.4. The summed E-state index contributed by atoms with van der Waals surface area (Å²) in [5, 5.41) is 3.94. The van der Waals surface area contributed by atoms with Gasteiger partial charge in [-0.2, -0.15) is 13.5 Å². The molecule has 96 valence electrons. The maximum atomic E-state index is 12.1. The minimum Gasteiger partial charge on any atom is -0.278 e. The van der Waals surface area contributed by atoms with Gasteiger partial charge in [0.25, 0.3) is 10.0 Å². The van der Waals surface area contributed by atoms with Gasteiger partial charge in [-0.05, 0) is 17.7 Å². The number of halogens is 1. The van der Waals surface area contributed by atoms with Crippen LogP contribution in [0.3, 0.4) is 0 Å². The predicted molar refractivity (Wildman–Crippen MR) is 70.0 cm³/mol. The van der Waals surface area contributed by atoms with Crippen LogP contribution in [0.1, 0.15) is 5.56 Å². The lowest BCUT2D eigenvalue weighted by Crippen LogP contribution is -2.17. The Hall–Kier alpha value is -1.53. The Morgan fingerprint density at radius 2 is 2.06 bits per heavy atom. The number of aromatic nitrogens is 2. The number of hydrogen-bond donors (Lipinski definition) is 1. The van der Waals surface area contributed by atoms with Crippen molar-refractivity contribution in [2.75, 3.05) is 4.72 Å². The fourth-order valence-electron chi connectivity index (χ4n) is 1.56. The Balaban J connectivity index is 2.37. The molecule has 0 aliphatic heterocycles. The Morgan fingerprint density at radius 1 is 1.33 bits per heavy atom. The van der Waals surface area contributed by atoms with Gasteiger partial charge in [0.1, 0.15) is 0 Å². The van der Waals surface area contributed by atoms with Crippen molar-refractivity contribution in [2.24, 2.45) is 7.05 Å². The number of benzene rings is 1. The van der Waals surface area contributed by atoms with Crippen LogP contribution in [-0.4, -0.2) is 18.2 Å². The molecule has 2 rings (SSSR count). The van der Waals surface area contributed by atoms with E-state index < -0.39 is 10.0 Å². The summed E-state index contributed by atoms with van der Waals surface area (Å²) in [6.07, 6.45) is 1.43. The average Bonchev–Trinajstić information content (AvgIpc) is 2.76. The van der Waals surface area contributed by atoms with Gasteiger partial charge in [0, 0.05) is 12.9 Å². The summed E-state index contributed by atoms with van der Waals surface area (Å²) < 4.78 is 28.1. The van der Waals surface area contributed by atoms with E-state index in [9.17, 15) is 8.42 Å². The van der Waals surface area contributed by atoms with Gasteiger partial charge < -0.3 is 0 Å². The Bertz CT molecular complexity index is 652. The second kappa shape index (κ2) is 4.99. The van der Waals surface area contributed by atoms with E-state index in [1.165, 1.54) is 16.9 Å². The molecule has 0 aliphatic carbocycles. The Labute approximate surface area is 110 Å². The van der Waals surface area contributed by atoms with E-state index in [-0.39, 0.29) is 10.9 Å². The first kappa shape index (κ1) is 12.9. The lowest BCUT2D eigenvalue weighted by atomic mass is 10.2. The van der Waals surface area contributed by atoms with Crippen molar-refractivity contribution >= 4 is 27.3 Å². The zero-order valence-corrected chi connectivity index (χ0v) is 11.2. The van der Waals surface area contributed by atoms with E-state index in [0.717, 1.165) is 5.56 Å². The molecule has 0 saturated carbocycles. The van der Waals surface area contributed by atoms with Crippen LogP contribution in [-0.2, 0) is 23.0 Å². The van der Waals surface area contributed by atoms with Crippen LogP contribution < -0.4 is 4.72 Å². The summed E-state index contributed by atoms with van der Waals surface area (Å²) >= 11 is 5.76. The standard InChI is InChI=1S/C11H12ClN3O2S/c1-15-11(6-7-13-15)18(16,17)14-10-5-3-2-4-9(10)8-12/h2-7,14H,8H2,1H3. The predicted octanol–water partition coefficient (Wildman–Crippen LogP) is 1.96. The van der Waals surface area contributed by atoms with Crippen molar-refractivity contribution < 1.29 is 8.42 Å². The van der Waals surface area contributed by atoms with Crippen molar-refractivity contribution in [2.45, 2.75) is 10.9 Å². The van der Waals surface area contributed by atoms with Crippen LogP contribution in [0.25, 0.3) is 0 Å². The van der Waals surface area contributed by atoms with E-state index in [4.69, 9.17) is 11.6 Å². The van der Waals surface area contributed by atoms with Gasteiger partial charge in [0.15, 0.2) is 5.03 Å². The van der Waals surface area contributed by atoms with Crippen LogP contribution in [0.4, 0.5) is 5.69 Å². The van der Waals surface area contributed by atoms with E-state index in [2.05, 4.69) is 9.82 Å². The van der Waals surface area contributed by atoms with Gasteiger partial charge in [-0.15, -0.1) is 11.6 Å². The average molecular weight is 286 g/mol. The molecule has 2 aromatic rings. The number of para-hydroxylation sites is 1. The second-order valence-corrected chi connectivity index (χ2v) is 5.59. The third kappa shape index (κ3) is 2.49. The molecule has 7 heteroatoms. The number of nitrogens with zero attached hydrogens (tertiary/aromatic N) is 2. The van der Waals surface area contributed by atoms with Gasteiger partial charge >= 0.3 is 0 Å². The highest BCUT2D eigenvalue weighted by Gasteiger charge is 2.18. The first-order valence-electron chi connectivity index (χ1n) is 5.19. The van der Waals surface area contributed by atoms with Gasteiger partial charge in [-0.25, -0.2) is 0 Å². The third-order valence-electron chi connectivity index (χ3n) is 2.46. The number of hydrogen-bond acceptors (Lipinski definition) is 3. The van der Waals surface area contributed by atoms with E-state index >= 15 is 0 Å². The molecule has 18 heavy (non-hydrogen) atoms. The first-order chi connectivity index (χ1) is 8.54. The largest absolute Gasteiger partial charge is 0.279 e. The molecule has 0 atom stereocenters. The van der Waals surface area contributed by atoms with Gasteiger partial charge in [-0.3, -0.25) is 9.40 Å². The molecule has 0 saturated heterocycles. The molecular formula is C11H12ClN3O2S. The van der Waals surface area contributed by atoms with E-state index in [0.29, 0.717) is 5.69 Å². The van der Waals surface area contributed by atoms with Crippen LogP contribution >= 0.6 is 11.6 Å². The molecule has 1 aromatic heterocycles. The van der Waals surface area contributed by atoms with Crippen molar-refractivity contribution in [1.29, 1.82) is 0 Å². The molecule has 1 aromatic carbocycles. The summed E-state index contributed by atoms with van der Waals surface area (Å²) in [7, 11) is -2.07. The molecule has 0 radical (unpaired) electrons. The number of sulfonamides is 1. The fourth-order valence-corrected chi connectivity index (χ4v) is 3.02. The lowest BCUT2D eigenvalue weighted by molar-refractivity contribution is 0.582. The van der Waals surface area contributed by atoms with Gasteiger partial charge in [0.2, 0.25) is 0 Å². The smallest absolute Gasteiger partial charge is 0.278 e. The van der Waals surface area contributed by atoms with Gasteiger partial charge in [-0.1, -0.05) is 18.2 Å². The Kier molecular flexibility index (Phi) is 3.58. The van der Waals surface area contributed by atoms with Crippen LogP contribution in [0.15, 0.2) is 41.6 Å². The quantitative estimate of drug-likeness (QED) is 0.874. The highest BCUT2D eigenvalue weighted by molar-refractivity contribution is 7.92. The molecule has 0 amide bonds. The number of anilines is 1. The molecule has 5 nitrogen and oxygen atoms in total. The number of alkyl halides is 1. The molecule has 0 spiro atoms. The van der Waals surface area contributed by atoms with Crippen LogP contribution in [0, 0.1) is 0 Å². The molecule has 0 unspecified atom stereocenters. The van der Waals surface area contributed by atoms with Crippen molar-refractivity contribution in [1.82, 2.24) is 9.78 Å². The fraction of sp³-hybridized carbons (Fsp3) is 0.182. The number of aryl methyl sites for hydroxylation is 1. The third-order valence-corrected chi connectivity index (χ3v) is 4.18. The molecule has 0 aliphatic rings. The highest BCUT2D eigenvalue weighted by Crippen LogP contribution is 2.20. The summed E-state index contributed by atoms with van der Waals surface area (Å²) in [5.74, 6) is 0.240. The zero-order valence-electron chi connectivity index (χ0n) is 9.67. The van der Waals surface area contributed by atoms with E-state index in [1.54, 1.807) is 31.3 Å². The summed E-state index contributed by atoms with van der Waals surface area (Å²) in [6, 6.07) is 8.43. The number of nitrogens with one attached hydrogen (secondary N) is 1. The molecular weight excluding hydrogens is 274 g/mol. The molecule has 0 bridgehead atoms. The van der Waals surface area contributed by atoms with Crippen molar-refractivity contribution in [3.8, 4) is 0 Å². The monoisotopic (exact) mass is 285 g/mol. The van der Waals surface area contributed by atoms with Gasteiger partial charge in [0.05, 0.1) is 11.9 Å². The first-order valence-corrected chi connectivity index (χ1v) is 7.21. The topological polar surface area (TPSA) is 64.0 Å². The molecule has 0 fully saturated rings. The minimum atomic E-state index is -3.64. The van der Waals surface area contributed by atoms with Crippen LogP contribution in [0.2, 0.25) is 0 Å². The number of rotatable bonds is 4. The van der Waals surface area contributed by atoms with Crippen molar-refractivity contribution in [3.05, 3.63) is 42.1 Å². The molecule has 1 N–H and O–H groups in total. The summed E-state index contributed by atoms with van der Waals surface area (Å²) in [4.78, 5) is 0. The molecule has 1 heterocycles.